The minimum absolute atomic E-state index is 0.0849. The molecule has 0 spiro atoms. The quantitative estimate of drug-likeness (QED) is 0.652. The molecule has 8 nitrogen and oxygen atoms in total. The van der Waals surface area contributed by atoms with Crippen molar-refractivity contribution in [3.05, 3.63) is 29.8 Å². The van der Waals surface area contributed by atoms with Crippen LogP contribution in [-0.4, -0.2) is 57.2 Å². The van der Waals surface area contributed by atoms with Gasteiger partial charge in [0.25, 0.3) is 0 Å². The maximum atomic E-state index is 12.6. The second-order valence-electron chi connectivity index (χ2n) is 7.27. The maximum absolute atomic E-state index is 12.6. The number of benzene rings is 1. The van der Waals surface area contributed by atoms with E-state index in [0.29, 0.717) is 24.4 Å². The zero-order valence-electron chi connectivity index (χ0n) is 16.8. The Labute approximate surface area is 172 Å². The number of urea groups is 1. The number of nitriles is 1. The highest BCUT2D eigenvalue weighted by atomic mass is 32.2. The van der Waals surface area contributed by atoms with Gasteiger partial charge >= 0.3 is 6.03 Å². The Bertz CT molecular complexity index is 853. The number of carbonyl (C=O) groups excluding carboxylic acids is 2. The van der Waals surface area contributed by atoms with E-state index in [4.69, 9.17) is 5.26 Å². The minimum Gasteiger partial charge on any atom is -0.341 e. The van der Waals surface area contributed by atoms with Crippen molar-refractivity contribution in [1.29, 1.82) is 5.26 Å². The molecule has 2 N–H and O–H groups in total. The summed E-state index contributed by atoms with van der Waals surface area (Å²) in [4.78, 5) is 26.7. The maximum Gasteiger partial charge on any atom is 0.318 e. The molecule has 3 amide bonds. The molecule has 0 aliphatic carbocycles. The summed E-state index contributed by atoms with van der Waals surface area (Å²) in [6.45, 7) is 2.96. The zero-order chi connectivity index (χ0) is 21.4. The lowest BCUT2D eigenvalue weighted by Crippen LogP contribution is -2.52. The molecule has 29 heavy (non-hydrogen) atoms. The average molecular weight is 421 g/mol. The summed E-state index contributed by atoms with van der Waals surface area (Å²) in [7, 11) is -3.21. The molecule has 0 bridgehead atoms. The third-order valence-electron chi connectivity index (χ3n) is 5.10. The van der Waals surface area contributed by atoms with E-state index in [1.165, 1.54) is 6.26 Å². The van der Waals surface area contributed by atoms with Crippen molar-refractivity contribution < 1.29 is 18.0 Å². The number of nitrogens with zero attached hydrogens (tertiary/aromatic N) is 2. The van der Waals surface area contributed by atoms with E-state index in [2.05, 4.69) is 10.6 Å². The summed E-state index contributed by atoms with van der Waals surface area (Å²) >= 11 is 0. The molecule has 1 saturated heterocycles. The van der Waals surface area contributed by atoms with Gasteiger partial charge < -0.3 is 15.5 Å². The van der Waals surface area contributed by atoms with Crippen molar-refractivity contribution >= 4 is 21.8 Å². The van der Waals surface area contributed by atoms with E-state index in [1.807, 2.05) is 25.1 Å². The molecular formula is C20H28N4O4S. The Kier molecular flexibility index (Phi) is 8.02. The van der Waals surface area contributed by atoms with Crippen LogP contribution in [0, 0.1) is 11.3 Å². The Hall–Kier alpha value is -2.60. The van der Waals surface area contributed by atoms with Crippen LogP contribution < -0.4 is 10.6 Å². The van der Waals surface area contributed by atoms with Gasteiger partial charge in [-0.05, 0) is 42.9 Å². The van der Waals surface area contributed by atoms with E-state index in [1.54, 1.807) is 17.0 Å². The van der Waals surface area contributed by atoms with Gasteiger partial charge in [0, 0.05) is 19.3 Å². The van der Waals surface area contributed by atoms with Crippen LogP contribution in [0.2, 0.25) is 0 Å². The van der Waals surface area contributed by atoms with E-state index < -0.39 is 15.9 Å². The number of hydrogen-bond donors (Lipinski definition) is 2. The molecule has 1 heterocycles. The van der Waals surface area contributed by atoms with Crippen molar-refractivity contribution in [2.45, 2.75) is 49.5 Å². The molecule has 0 aromatic heterocycles. The second-order valence-corrected chi connectivity index (χ2v) is 9.28. The SMILES string of the molecule is CCCC(NC(=O)N1CCC(c2ccc(S(C)(=O)=O)cc2)CC1)C(=O)NCC#N. The highest BCUT2D eigenvalue weighted by Gasteiger charge is 2.27. The van der Waals surface area contributed by atoms with Crippen LogP contribution in [0.3, 0.4) is 0 Å². The largest absolute Gasteiger partial charge is 0.341 e. The first-order chi connectivity index (χ1) is 13.8. The van der Waals surface area contributed by atoms with E-state index in [9.17, 15) is 18.0 Å². The number of sulfone groups is 1. The predicted octanol–water partition coefficient (Wildman–Crippen LogP) is 1.79. The van der Waals surface area contributed by atoms with Crippen LogP contribution in [0.1, 0.15) is 44.1 Å². The highest BCUT2D eigenvalue weighted by Crippen LogP contribution is 2.28. The van der Waals surface area contributed by atoms with Gasteiger partial charge in [0.2, 0.25) is 5.91 Å². The van der Waals surface area contributed by atoms with Gasteiger partial charge in [0.15, 0.2) is 9.84 Å². The summed E-state index contributed by atoms with van der Waals surface area (Å²) in [5.74, 6) is -0.0828. The van der Waals surface area contributed by atoms with Gasteiger partial charge in [-0.3, -0.25) is 4.79 Å². The normalized spacial score (nSPS) is 16.0. The minimum atomic E-state index is -3.21. The number of piperidine rings is 1. The molecule has 158 valence electrons. The molecule has 9 heteroatoms. The van der Waals surface area contributed by atoms with Crippen LogP contribution in [0.5, 0.6) is 0 Å². The fraction of sp³-hybridized carbons (Fsp3) is 0.550. The lowest BCUT2D eigenvalue weighted by Gasteiger charge is -2.33. The van der Waals surface area contributed by atoms with Gasteiger partial charge in [-0.2, -0.15) is 5.26 Å². The molecule has 1 aromatic rings. The summed E-state index contributed by atoms with van der Waals surface area (Å²) in [5.41, 5.74) is 1.07. The van der Waals surface area contributed by atoms with E-state index in [0.717, 1.165) is 24.8 Å². The number of carbonyl (C=O) groups is 2. The predicted molar refractivity (Wildman–Crippen MR) is 109 cm³/mol. The lowest BCUT2D eigenvalue weighted by molar-refractivity contribution is -0.122. The first kappa shape index (κ1) is 22.7. The summed E-state index contributed by atoms with van der Waals surface area (Å²) in [5, 5.41) is 13.9. The van der Waals surface area contributed by atoms with Crippen LogP contribution in [0.4, 0.5) is 4.79 Å². The standard InChI is InChI=1S/C20H28N4O4S/c1-3-4-18(19(25)22-12-11-21)23-20(26)24-13-9-16(10-14-24)15-5-7-17(8-6-15)29(2,27)28/h5-8,16,18H,3-4,9-10,12-14H2,1-2H3,(H,22,25)(H,23,26). The van der Waals surface area contributed by atoms with E-state index in [-0.39, 0.29) is 24.4 Å². The van der Waals surface area contributed by atoms with Crippen LogP contribution in [-0.2, 0) is 14.6 Å². The Morgan fingerprint density at radius 1 is 1.24 bits per heavy atom. The van der Waals surface area contributed by atoms with Gasteiger partial charge in [-0.15, -0.1) is 0 Å². The molecule has 1 fully saturated rings. The second kappa shape index (κ2) is 10.3. The molecule has 2 rings (SSSR count). The monoisotopic (exact) mass is 420 g/mol. The molecule has 1 atom stereocenters. The van der Waals surface area contributed by atoms with Crippen LogP contribution in [0.15, 0.2) is 29.2 Å². The van der Waals surface area contributed by atoms with Crippen molar-refractivity contribution in [1.82, 2.24) is 15.5 Å². The van der Waals surface area contributed by atoms with Crippen molar-refractivity contribution in [2.24, 2.45) is 0 Å². The molecule has 1 aliphatic heterocycles. The van der Waals surface area contributed by atoms with Gasteiger partial charge in [-0.25, -0.2) is 13.2 Å². The number of rotatable bonds is 7. The first-order valence-corrected chi connectivity index (χ1v) is 11.7. The third kappa shape index (κ3) is 6.46. The van der Waals surface area contributed by atoms with Crippen LogP contribution in [0.25, 0.3) is 0 Å². The number of amides is 3. The zero-order valence-corrected chi connectivity index (χ0v) is 17.7. The fourth-order valence-corrected chi connectivity index (χ4v) is 4.08. The van der Waals surface area contributed by atoms with E-state index >= 15 is 0 Å². The number of likely N-dealkylation sites (tertiary alicyclic amines) is 1. The van der Waals surface area contributed by atoms with Crippen LogP contribution >= 0.6 is 0 Å². The summed E-state index contributed by atoms with van der Waals surface area (Å²) in [6.07, 6.45) is 3.96. The smallest absolute Gasteiger partial charge is 0.318 e. The lowest BCUT2D eigenvalue weighted by atomic mass is 9.89. The molecule has 0 radical (unpaired) electrons. The Balaban J connectivity index is 1.91. The highest BCUT2D eigenvalue weighted by molar-refractivity contribution is 7.90. The van der Waals surface area contributed by atoms with Gasteiger partial charge in [-0.1, -0.05) is 25.5 Å². The Morgan fingerprint density at radius 3 is 2.38 bits per heavy atom. The summed E-state index contributed by atoms with van der Waals surface area (Å²) < 4.78 is 23.2. The topological polar surface area (TPSA) is 119 Å². The number of nitrogens with one attached hydrogen (secondary N) is 2. The number of hydrogen-bond acceptors (Lipinski definition) is 5. The van der Waals surface area contributed by atoms with Crippen molar-refractivity contribution in [2.75, 3.05) is 25.9 Å². The molecular weight excluding hydrogens is 392 g/mol. The third-order valence-corrected chi connectivity index (χ3v) is 6.22. The molecule has 1 aliphatic rings. The van der Waals surface area contributed by atoms with Gasteiger partial charge in [0.05, 0.1) is 11.0 Å². The fourth-order valence-electron chi connectivity index (χ4n) is 3.45. The first-order valence-electron chi connectivity index (χ1n) is 9.76. The Morgan fingerprint density at radius 2 is 1.86 bits per heavy atom. The average Bonchev–Trinajstić information content (AvgIpc) is 2.71. The molecule has 1 unspecified atom stereocenters. The molecule has 0 saturated carbocycles. The summed E-state index contributed by atoms with van der Waals surface area (Å²) in [6, 6.07) is 7.86. The molecule has 1 aromatic carbocycles. The van der Waals surface area contributed by atoms with Gasteiger partial charge in [0.1, 0.15) is 12.6 Å². The van der Waals surface area contributed by atoms with Crippen molar-refractivity contribution in [3.8, 4) is 6.07 Å². The van der Waals surface area contributed by atoms with Crippen molar-refractivity contribution in [3.63, 3.8) is 0 Å².